The topological polar surface area (TPSA) is 178 Å². The number of esters is 2. The fourth-order valence-electron chi connectivity index (χ4n) is 4.59. The Balaban J connectivity index is 2.30. The van der Waals surface area contributed by atoms with Gasteiger partial charge in [-0.25, -0.2) is 4.79 Å². The lowest BCUT2D eigenvalue weighted by Gasteiger charge is -2.27. The van der Waals surface area contributed by atoms with Crippen LogP contribution in [0.1, 0.15) is 86.6 Å². The molecule has 0 aromatic heterocycles. The van der Waals surface area contributed by atoms with Crippen LogP contribution in [0.5, 0.6) is 0 Å². The number of hydrogen-bond acceptors (Lipinski definition) is 9. The molecule has 0 bridgehead atoms. The van der Waals surface area contributed by atoms with Crippen molar-refractivity contribution in [2.45, 2.75) is 117 Å². The van der Waals surface area contributed by atoms with E-state index in [4.69, 9.17) is 14.2 Å². The number of nitrogens with one attached hydrogen (secondary N) is 4. The number of anilines is 1. The molecule has 4 amide bonds. The second-order valence-electron chi connectivity index (χ2n) is 14.3. The van der Waals surface area contributed by atoms with Gasteiger partial charge < -0.3 is 35.5 Å². The van der Waals surface area contributed by atoms with Crippen molar-refractivity contribution in [3.63, 3.8) is 0 Å². The van der Waals surface area contributed by atoms with E-state index in [2.05, 4.69) is 21.3 Å². The van der Waals surface area contributed by atoms with Gasteiger partial charge in [0, 0.05) is 12.1 Å². The first-order valence-corrected chi connectivity index (χ1v) is 16.7. The zero-order valence-corrected chi connectivity index (χ0v) is 30.3. The maximum atomic E-state index is 13.8. The van der Waals surface area contributed by atoms with Crippen molar-refractivity contribution >= 4 is 41.4 Å². The summed E-state index contributed by atoms with van der Waals surface area (Å²) in [6.07, 6.45) is -1.59. The van der Waals surface area contributed by atoms with Crippen LogP contribution in [0.4, 0.5) is 10.5 Å². The van der Waals surface area contributed by atoms with Gasteiger partial charge in [0.05, 0.1) is 6.42 Å². The van der Waals surface area contributed by atoms with Crippen molar-refractivity contribution in [1.82, 2.24) is 16.0 Å². The Morgan fingerprint density at radius 3 is 1.72 bits per heavy atom. The van der Waals surface area contributed by atoms with E-state index in [9.17, 15) is 28.8 Å². The van der Waals surface area contributed by atoms with Crippen LogP contribution in [-0.2, 0) is 44.8 Å². The molecule has 0 spiro atoms. The lowest BCUT2D eigenvalue weighted by Crippen LogP contribution is -2.57. The van der Waals surface area contributed by atoms with E-state index in [1.54, 1.807) is 96.1 Å². The fraction of sp³-hybridized carbons (Fsp3) is 0.514. The maximum absolute atomic E-state index is 13.8. The van der Waals surface area contributed by atoms with Crippen LogP contribution >= 0.6 is 0 Å². The number of amides is 4. The highest BCUT2D eigenvalue weighted by molar-refractivity contribution is 5.99. The SMILES string of the molecule is CC(C)C[C@H](NC(=O)OCc1ccccc1)C(=O)N[C@@H](CC(=O)OC(C)(C)C)C(=O)N[C@@H](CCC(=O)OC(C)(C)C)C(=O)Nc1ccccc1. The molecular weight excluding hydrogens is 644 g/mol. The summed E-state index contributed by atoms with van der Waals surface area (Å²) < 4.78 is 16.1. The van der Waals surface area contributed by atoms with Crippen molar-refractivity contribution in [3.05, 3.63) is 66.2 Å². The van der Waals surface area contributed by atoms with Gasteiger partial charge in [0.25, 0.3) is 0 Å². The molecule has 3 atom stereocenters. The maximum Gasteiger partial charge on any atom is 0.408 e. The minimum Gasteiger partial charge on any atom is -0.460 e. The minimum absolute atomic E-state index is 0.0257. The number of carbonyl (C=O) groups is 6. The molecule has 0 saturated carbocycles. The summed E-state index contributed by atoms with van der Waals surface area (Å²) in [6.45, 7) is 13.8. The lowest BCUT2D eigenvalue weighted by atomic mass is 10.0. The molecule has 13 heteroatoms. The molecule has 0 unspecified atom stereocenters. The monoisotopic (exact) mass is 696 g/mol. The first-order valence-electron chi connectivity index (χ1n) is 16.7. The molecule has 2 aromatic carbocycles. The van der Waals surface area contributed by atoms with Gasteiger partial charge in [0.15, 0.2) is 0 Å². The molecule has 0 fully saturated rings. The second-order valence-corrected chi connectivity index (χ2v) is 14.3. The summed E-state index contributed by atoms with van der Waals surface area (Å²) in [5.74, 6) is -3.68. The van der Waals surface area contributed by atoms with Crippen LogP contribution < -0.4 is 21.3 Å². The summed E-state index contributed by atoms with van der Waals surface area (Å²) in [7, 11) is 0. The van der Waals surface area contributed by atoms with E-state index in [0.29, 0.717) is 5.69 Å². The van der Waals surface area contributed by atoms with Gasteiger partial charge in [0.1, 0.15) is 35.9 Å². The molecule has 0 aliphatic rings. The number of alkyl carbamates (subject to hydrolysis) is 1. The third kappa shape index (κ3) is 16.9. The molecule has 274 valence electrons. The van der Waals surface area contributed by atoms with E-state index in [0.717, 1.165) is 5.56 Å². The first kappa shape index (κ1) is 41.2. The Morgan fingerprint density at radius 1 is 0.640 bits per heavy atom. The zero-order chi connectivity index (χ0) is 37.5. The van der Waals surface area contributed by atoms with Crippen molar-refractivity contribution in [1.29, 1.82) is 0 Å². The van der Waals surface area contributed by atoms with Crippen LogP contribution in [0, 0.1) is 5.92 Å². The lowest BCUT2D eigenvalue weighted by molar-refractivity contribution is -0.156. The molecule has 2 aromatic rings. The Bertz CT molecular complexity index is 1430. The highest BCUT2D eigenvalue weighted by Gasteiger charge is 2.33. The van der Waals surface area contributed by atoms with Gasteiger partial charge in [-0.1, -0.05) is 62.4 Å². The van der Waals surface area contributed by atoms with Gasteiger partial charge in [0.2, 0.25) is 17.7 Å². The van der Waals surface area contributed by atoms with Crippen LogP contribution in [0.15, 0.2) is 60.7 Å². The predicted molar refractivity (Wildman–Crippen MR) is 187 cm³/mol. The summed E-state index contributed by atoms with van der Waals surface area (Å²) in [5, 5.41) is 10.4. The molecule has 2 rings (SSSR count). The smallest absolute Gasteiger partial charge is 0.408 e. The van der Waals surface area contributed by atoms with Crippen LogP contribution in [0.2, 0.25) is 0 Å². The Kier molecular flexibility index (Phi) is 15.9. The first-order chi connectivity index (χ1) is 23.3. The van der Waals surface area contributed by atoms with Gasteiger partial charge in [-0.3, -0.25) is 24.0 Å². The van der Waals surface area contributed by atoms with Crippen molar-refractivity contribution < 1.29 is 43.0 Å². The number of hydrogen-bond donors (Lipinski definition) is 4. The molecule has 13 nitrogen and oxygen atoms in total. The molecule has 0 aliphatic heterocycles. The summed E-state index contributed by atoms with van der Waals surface area (Å²) in [4.78, 5) is 79.0. The van der Waals surface area contributed by atoms with Crippen molar-refractivity contribution in [2.24, 2.45) is 5.92 Å². The average Bonchev–Trinajstić information content (AvgIpc) is 3.00. The Labute approximate surface area is 294 Å². The van der Waals surface area contributed by atoms with E-state index in [-0.39, 0.29) is 31.8 Å². The number of para-hydroxylation sites is 1. The summed E-state index contributed by atoms with van der Waals surface area (Å²) in [5.41, 5.74) is -0.453. The average molecular weight is 697 g/mol. The van der Waals surface area contributed by atoms with E-state index in [1.807, 2.05) is 19.9 Å². The molecule has 0 heterocycles. The normalized spacial score (nSPS) is 13.2. The van der Waals surface area contributed by atoms with Crippen molar-refractivity contribution in [2.75, 3.05) is 5.32 Å². The number of ether oxygens (including phenoxy) is 3. The van der Waals surface area contributed by atoms with E-state index >= 15 is 0 Å². The molecule has 0 aliphatic carbocycles. The largest absolute Gasteiger partial charge is 0.460 e. The van der Waals surface area contributed by atoms with E-state index < -0.39 is 71.5 Å². The van der Waals surface area contributed by atoms with Crippen LogP contribution in [0.25, 0.3) is 0 Å². The third-order valence-electron chi connectivity index (χ3n) is 6.68. The third-order valence-corrected chi connectivity index (χ3v) is 6.68. The highest BCUT2D eigenvalue weighted by atomic mass is 16.6. The van der Waals surface area contributed by atoms with Gasteiger partial charge >= 0.3 is 18.0 Å². The Hall–Kier alpha value is -4.94. The predicted octanol–water partition coefficient (Wildman–Crippen LogP) is 4.79. The summed E-state index contributed by atoms with van der Waals surface area (Å²) >= 11 is 0. The Morgan fingerprint density at radius 2 is 1.16 bits per heavy atom. The number of rotatable bonds is 16. The van der Waals surface area contributed by atoms with Crippen LogP contribution in [0.3, 0.4) is 0 Å². The van der Waals surface area contributed by atoms with E-state index in [1.165, 1.54) is 0 Å². The molecule has 0 saturated heterocycles. The van der Waals surface area contributed by atoms with Crippen LogP contribution in [-0.4, -0.2) is 65.1 Å². The van der Waals surface area contributed by atoms with Gasteiger partial charge in [-0.2, -0.15) is 0 Å². The standard InChI is InChI=1S/C37H52N4O9/c1-24(2)21-28(41-35(47)48-23-25-15-11-9-12-16-25)33(45)40-29(22-31(43)50-37(6,7)8)34(46)39-27(19-20-30(42)49-36(3,4)5)32(44)38-26-17-13-10-14-18-26/h9-18,24,27-29H,19-23H2,1-8H3,(H,38,44)(H,39,46)(H,40,45)(H,41,47)/t27-,28-,29-/m0/s1. The van der Waals surface area contributed by atoms with Gasteiger partial charge in [-0.15, -0.1) is 0 Å². The second kappa shape index (κ2) is 19.3. The molecule has 50 heavy (non-hydrogen) atoms. The minimum atomic E-state index is -1.51. The number of benzene rings is 2. The van der Waals surface area contributed by atoms with Gasteiger partial charge in [-0.05, 0) is 78.0 Å². The molecule has 0 radical (unpaired) electrons. The highest BCUT2D eigenvalue weighted by Crippen LogP contribution is 2.14. The van der Waals surface area contributed by atoms with Crippen molar-refractivity contribution in [3.8, 4) is 0 Å². The quantitative estimate of drug-likeness (QED) is 0.142. The summed E-state index contributed by atoms with van der Waals surface area (Å²) in [6, 6.07) is 13.6. The molecular formula is C37H52N4O9. The zero-order valence-electron chi connectivity index (χ0n) is 30.3. The molecule has 4 N–H and O–H groups in total. The fourth-order valence-corrected chi connectivity index (χ4v) is 4.59. The number of carbonyl (C=O) groups excluding carboxylic acids is 6.